The van der Waals surface area contributed by atoms with Gasteiger partial charge in [-0.1, -0.05) is 0 Å². The van der Waals surface area contributed by atoms with Crippen molar-refractivity contribution in [3.8, 4) is 0 Å². The molecule has 4 unspecified atom stereocenters. The lowest BCUT2D eigenvalue weighted by molar-refractivity contribution is -0.0912. The molecule has 4 nitrogen and oxygen atoms in total. The molecule has 2 saturated heterocycles. The van der Waals surface area contributed by atoms with Gasteiger partial charge in [-0.05, 0) is 0 Å². The molecule has 2 fully saturated rings. The third kappa shape index (κ3) is 1.06. The Labute approximate surface area is 65.1 Å². The van der Waals surface area contributed by atoms with Crippen molar-refractivity contribution in [1.29, 1.82) is 0 Å². The highest BCUT2D eigenvalue weighted by molar-refractivity contribution is 4.89. The average molecular weight is 160 g/mol. The molecule has 2 heterocycles. The lowest BCUT2D eigenvalue weighted by Gasteiger charge is -2.15. The van der Waals surface area contributed by atoms with Crippen molar-refractivity contribution in [1.82, 2.24) is 0 Å². The van der Waals surface area contributed by atoms with Gasteiger partial charge < -0.3 is 19.3 Å². The van der Waals surface area contributed by atoms with Crippen LogP contribution in [0, 0.1) is 5.92 Å². The fraction of sp³-hybridized carbons (Fsp3) is 1.00. The number of hydrogen-bond donors (Lipinski definition) is 1. The first-order valence-corrected chi connectivity index (χ1v) is 3.77. The standard InChI is InChI=1S/C7H12O4/c1-9-5-3-11-7-6(5)4(8)2-10-7/h4-8H,2-3H2,1H3. The fourth-order valence-corrected chi connectivity index (χ4v) is 1.71. The molecule has 64 valence electrons. The minimum Gasteiger partial charge on any atom is -0.390 e. The van der Waals surface area contributed by atoms with E-state index in [0.29, 0.717) is 13.2 Å². The summed E-state index contributed by atoms with van der Waals surface area (Å²) in [5, 5.41) is 9.42. The van der Waals surface area contributed by atoms with Crippen molar-refractivity contribution >= 4 is 0 Å². The predicted molar refractivity (Wildman–Crippen MR) is 36.0 cm³/mol. The van der Waals surface area contributed by atoms with Crippen molar-refractivity contribution in [3.05, 3.63) is 0 Å². The third-order valence-electron chi connectivity index (χ3n) is 2.35. The molecule has 0 spiro atoms. The van der Waals surface area contributed by atoms with Crippen LogP contribution in [-0.2, 0) is 14.2 Å². The van der Waals surface area contributed by atoms with Crippen molar-refractivity contribution in [2.45, 2.75) is 18.5 Å². The summed E-state index contributed by atoms with van der Waals surface area (Å²) in [5.74, 6) is 0.0139. The Morgan fingerprint density at radius 2 is 2.09 bits per heavy atom. The maximum absolute atomic E-state index is 9.42. The first-order valence-electron chi connectivity index (χ1n) is 3.77. The van der Waals surface area contributed by atoms with Gasteiger partial charge in [-0.15, -0.1) is 0 Å². The van der Waals surface area contributed by atoms with Gasteiger partial charge in [-0.3, -0.25) is 0 Å². The summed E-state index contributed by atoms with van der Waals surface area (Å²) in [4.78, 5) is 0. The van der Waals surface area contributed by atoms with Crippen molar-refractivity contribution in [2.24, 2.45) is 5.92 Å². The zero-order valence-corrected chi connectivity index (χ0v) is 6.40. The first kappa shape index (κ1) is 7.49. The Kier molecular flexibility index (Phi) is 1.85. The van der Waals surface area contributed by atoms with Gasteiger partial charge in [0.2, 0.25) is 0 Å². The Bertz CT molecular complexity index is 149. The molecule has 0 aromatic rings. The summed E-state index contributed by atoms with van der Waals surface area (Å²) in [6.45, 7) is 0.901. The van der Waals surface area contributed by atoms with E-state index in [1.165, 1.54) is 0 Å². The van der Waals surface area contributed by atoms with Gasteiger partial charge in [0.25, 0.3) is 0 Å². The molecule has 0 amide bonds. The molecule has 4 heteroatoms. The Morgan fingerprint density at radius 3 is 2.82 bits per heavy atom. The monoisotopic (exact) mass is 160 g/mol. The quantitative estimate of drug-likeness (QED) is 0.554. The molecule has 4 atom stereocenters. The smallest absolute Gasteiger partial charge is 0.165 e. The van der Waals surface area contributed by atoms with E-state index in [1.807, 2.05) is 0 Å². The average Bonchev–Trinajstić information content (AvgIpc) is 2.54. The largest absolute Gasteiger partial charge is 0.390 e. The molecule has 2 aliphatic heterocycles. The van der Waals surface area contributed by atoms with Crippen LogP contribution < -0.4 is 0 Å². The van der Waals surface area contributed by atoms with Crippen LogP contribution in [0.25, 0.3) is 0 Å². The van der Waals surface area contributed by atoms with Crippen LogP contribution in [0.15, 0.2) is 0 Å². The van der Waals surface area contributed by atoms with Gasteiger partial charge in [0.1, 0.15) is 0 Å². The van der Waals surface area contributed by atoms with Gasteiger partial charge in [0.15, 0.2) is 6.29 Å². The Morgan fingerprint density at radius 1 is 1.36 bits per heavy atom. The summed E-state index contributed by atoms with van der Waals surface area (Å²) in [6.07, 6.45) is -0.667. The highest BCUT2D eigenvalue weighted by atomic mass is 16.7. The topological polar surface area (TPSA) is 47.9 Å². The van der Waals surface area contributed by atoms with Crippen LogP contribution in [0.4, 0.5) is 0 Å². The highest BCUT2D eigenvalue weighted by Gasteiger charge is 2.47. The van der Waals surface area contributed by atoms with Gasteiger partial charge in [-0.2, -0.15) is 0 Å². The summed E-state index contributed by atoms with van der Waals surface area (Å²) in [7, 11) is 1.63. The zero-order chi connectivity index (χ0) is 7.84. The lowest BCUT2D eigenvalue weighted by atomic mass is 10.0. The Hall–Kier alpha value is -0.160. The van der Waals surface area contributed by atoms with E-state index in [-0.39, 0.29) is 18.3 Å². The van der Waals surface area contributed by atoms with Crippen LogP contribution in [0.2, 0.25) is 0 Å². The minimum absolute atomic E-state index is 0.00231. The second-order valence-corrected chi connectivity index (χ2v) is 2.95. The van der Waals surface area contributed by atoms with E-state index >= 15 is 0 Å². The molecule has 0 bridgehead atoms. The number of aliphatic hydroxyl groups is 1. The van der Waals surface area contributed by atoms with Gasteiger partial charge in [0.05, 0.1) is 31.3 Å². The highest BCUT2D eigenvalue weighted by Crippen LogP contribution is 2.32. The van der Waals surface area contributed by atoms with E-state index in [1.54, 1.807) is 7.11 Å². The lowest BCUT2D eigenvalue weighted by Crippen LogP contribution is -2.31. The number of methoxy groups -OCH3 is 1. The van der Waals surface area contributed by atoms with Crippen LogP contribution in [0.1, 0.15) is 0 Å². The molecule has 2 rings (SSSR count). The van der Waals surface area contributed by atoms with E-state index < -0.39 is 6.10 Å². The maximum Gasteiger partial charge on any atom is 0.165 e. The SMILES string of the molecule is COC1COC2OCC(O)C12. The summed E-state index contributed by atoms with van der Waals surface area (Å²) in [5.41, 5.74) is 0. The fourth-order valence-electron chi connectivity index (χ4n) is 1.71. The van der Waals surface area contributed by atoms with Gasteiger partial charge >= 0.3 is 0 Å². The van der Waals surface area contributed by atoms with E-state index in [9.17, 15) is 5.11 Å². The third-order valence-corrected chi connectivity index (χ3v) is 2.35. The van der Waals surface area contributed by atoms with Crippen molar-refractivity contribution in [2.75, 3.05) is 20.3 Å². The van der Waals surface area contributed by atoms with Gasteiger partial charge in [-0.25, -0.2) is 0 Å². The van der Waals surface area contributed by atoms with E-state index in [0.717, 1.165) is 0 Å². The second-order valence-electron chi connectivity index (χ2n) is 2.95. The zero-order valence-electron chi connectivity index (χ0n) is 6.40. The number of hydrogen-bond acceptors (Lipinski definition) is 4. The van der Waals surface area contributed by atoms with E-state index in [2.05, 4.69) is 0 Å². The minimum atomic E-state index is -0.424. The van der Waals surface area contributed by atoms with Crippen molar-refractivity contribution in [3.63, 3.8) is 0 Å². The van der Waals surface area contributed by atoms with E-state index in [4.69, 9.17) is 14.2 Å². The summed E-state index contributed by atoms with van der Waals surface area (Å²) >= 11 is 0. The number of aliphatic hydroxyl groups excluding tert-OH is 1. The van der Waals surface area contributed by atoms with Crippen LogP contribution in [0.5, 0.6) is 0 Å². The van der Waals surface area contributed by atoms with Gasteiger partial charge in [0, 0.05) is 7.11 Å². The molecular formula is C7H12O4. The Balaban J connectivity index is 2.07. The van der Waals surface area contributed by atoms with Crippen LogP contribution in [-0.4, -0.2) is 43.9 Å². The molecule has 0 aliphatic carbocycles. The normalized spacial score (nSPS) is 49.6. The maximum atomic E-state index is 9.42. The molecule has 0 aromatic carbocycles. The molecule has 2 aliphatic rings. The molecule has 11 heavy (non-hydrogen) atoms. The molecule has 0 radical (unpaired) electrons. The first-order chi connectivity index (χ1) is 5.33. The number of fused-ring (bicyclic) bond motifs is 1. The molecule has 1 N–H and O–H groups in total. The molecular weight excluding hydrogens is 148 g/mol. The van der Waals surface area contributed by atoms with Crippen LogP contribution >= 0.6 is 0 Å². The second kappa shape index (κ2) is 2.71. The van der Waals surface area contributed by atoms with Crippen LogP contribution in [0.3, 0.4) is 0 Å². The number of ether oxygens (including phenoxy) is 3. The molecule has 0 aromatic heterocycles. The molecule has 0 saturated carbocycles. The predicted octanol–water partition coefficient (Wildman–Crippen LogP) is -0.635. The van der Waals surface area contributed by atoms with Crippen molar-refractivity contribution < 1.29 is 19.3 Å². The summed E-state index contributed by atoms with van der Waals surface area (Å²) in [6, 6.07) is 0. The summed E-state index contributed by atoms with van der Waals surface area (Å²) < 4.78 is 15.5. The number of rotatable bonds is 1.